The van der Waals surface area contributed by atoms with E-state index in [-0.39, 0.29) is 17.1 Å². The minimum absolute atomic E-state index is 0.117. The van der Waals surface area contributed by atoms with Crippen LogP contribution in [0, 0.1) is 24.4 Å². The van der Waals surface area contributed by atoms with Crippen molar-refractivity contribution in [1.82, 2.24) is 0 Å². The second kappa shape index (κ2) is 6.33. The third-order valence-electron chi connectivity index (χ3n) is 2.92. The normalized spacial score (nSPS) is 12.4. The summed E-state index contributed by atoms with van der Waals surface area (Å²) in [5.74, 6) is -1.35. The van der Waals surface area contributed by atoms with Gasteiger partial charge in [-0.2, -0.15) is 0 Å². The molecule has 0 radical (unpaired) electrons. The van der Waals surface area contributed by atoms with E-state index in [4.69, 9.17) is 5.73 Å². The minimum atomic E-state index is -0.789. The van der Waals surface area contributed by atoms with Gasteiger partial charge in [-0.1, -0.05) is 12.1 Å². The van der Waals surface area contributed by atoms with Crippen LogP contribution in [-0.2, 0) is 0 Å². The van der Waals surface area contributed by atoms with Crippen LogP contribution in [0.3, 0.4) is 0 Å². The van der Waals surface area contributed by atoms with E-state index < -0.39 is 17.7 Å². The Morgan fingerprint density at radius 3 is 2.60 bits per heavy atom. The summed E-state index contributed by atoms with van der Waals surface area (Å²) in [6, 6.07) is 7.80. The van der Waals surface area contributed by atoms with Gasteiger partial charge in [0.05, 0.1) is 0 Å². The van der Waals surface area contributed by atoms with Crippen LogP contribution < -0.4 is 5.73 Å². The van der Waals surface area contributed by atoms with Gasteiger partial charge >= 0.3 is 0 Å². The fourth-order valence-electron chi connectivity index (χ4n) is 1.84. The lowest BCUT2D eigenvalue weighted by molar-refractivity contribution is 0.533. The van der Waals surface area contributed by atoms with Crippen LogP contribution in [0.2, 0.25) is 0 Å². The Hall–Kier alpha value is -1.46. The number of hydrogen-bond donors (Lipinski definition) is 1. The molecule has 2 aromatic rings. The lowest BCUT2D eigenvalue weighted by atomic mass is 10.0. The second-order valence-electron chi connectivity index (χ2n) is 4.47. The summed E-state index contributed by atoms with van der Waals surface area (Å²) in [7, 11) is 0. The molecule has 0 saturated heterocycles. The Bertz CT molecular complexity index is 616. The lowest BCUT2D eigenvalue weighted by Gasteiger charge is -2.15. The van der Waals surface area contributed by atoms with Gasteiger partial charge < -0.3 is 5.73 Å². The van der Waals surface area contributed by atoms with Crippen LogP contribution >= 0.6 is 11.8 Å². The van der Waals surface area contributed by atoms with Gasteiger partial charge in [-0.15, -0.1) is 11.8 Å². The van der Waals surface area contributed by atoms with E-state index in [1.54, 1.807) is 19.1 Å². The highest BCUT2D eigenvalue weighted by Gasteiger charge is 2.18. The second-order valence-corrected chi connectivity index (χ2v) is 5.56. The third-order valence-corrected chi connectivity index (χ3v) is 4.03. The molecule has 0 saturated carbocycles. The molecule has 0 spiro atoms. The smallest absolute Gasteiger partial charge is 0.133 e. The summed E-state index contributed by atoms with van der Waals surface area (Å²) < 4.78 is 40.6. The Morgan fingerprint density at radius 2 is 1.90 bits per heavy atom. The molecule has 0 amide bonds. The first kappa shape index (κ1) is 14.9. The Labute approximate surface area is 120 Å². The first-order valence-corrected chi connectivity index (χ1v) is 7.06. The molecule has 1 unspecified atom stereocenters. The zero-order chi connectivity index (χ0) is 14.7. The predicted octanol–water partition coefficient (Wildman–Crippen LogP) is 4.20. The van der Waals surface area contributed by atoms with Crippen molar-refractivity contribution in [2.45, 2.75) is 17.9 Å². The van der Waals surface area contributed by atoms with Crippen molar-refractivity contribution in [1.29, 1.82) is 0 Å². The maximum atomic E-state index is 13.9. The molecule has 0 aliphatic rings. The van der Waals surface area contributed by atoms with Gasteiger partial charge in [0.2, 0.25) is 0 Å². The Morgan fingerprint density at radius 1 is 1.15 bits per heavy atom. The summed E-state index contributed by atoms with van der Waals surface area (Å²) in [6.07, 6.45) is 0. The molecular formula is C15H14F3NS. The van der Waals surface area contributed by atoms with E-state index in [2.05, 4.69) is 0 Å². The number of benzene rings is 2. The fourth-order valence-corrected chi connectivity index (χ4v) is 2.75. The number of halogens is 3. The van der Waals surface area contributed by atoms with Gasteiger partial charge in [-0.05, 0) is 36.8 Å². The van der Waals surface area contributed by atoms with E-state index in [0.29, 0.717) is 10.5 Å². The van der Waals surface area contributed by atoms with Crippen molar-refractivity contribution in [2.24, 2.45) is 5.73 Å². The first-order chi connectivity index (χ1) is 9.49. The minimum Gasteiger partial charge on any atom is -0.323 e. The highest BCUT2D eigenvalue weighted by Crippen LogP contribution is 2.27. The molecule has 0 heterocycles. The molecule has 2 N–H and O–H groups in total. The summed E-state index contributed by atoms with van der Waals surface area (Å²) in [5, 5.41) is 0. The summed E-state index contributed by atoms with van der Waals surface area (Å²) in [5.41, 5.74) is 6.09. The highest BCUT2D eigenvalue weighted by atomic mass is 32.2. The molecule has 106 valence electrons. The average Bonchev–Trinajstić information content (AvgIpc) is 2.41. The summed E-state index contributed by atoms with van der Waals surface area (Å²) >= 11 is 1.26. The summed E-state index contributed by atoms with van der Waals surface area (Å²) in [6.45, 7) is 1.56. The zero-order valence-electron chi connectivity index (χ0n) is 10.9. The molecule has 0 bridgehead atoms. The van der Waals surface area contributed by atoms with Gasteiger partial charge in [-0.25, -0.2) is 13.2 Å². The van der Waals surface area contributed by atoms with E-state index >= 15 is 0 Å². The number of thioether (sulfide) groups is 1. The number of aryl methyl sites for hydroxylation is 1. The first-order valence-electron chi connectivity index (χ1n) is 6.07. The molecule has 20 heavy (non-hydrogen) atoms. The van der Waals surface area contributed by atoms with Crippen LogP contribution in [0.15, 0.2) is 41.3 Å². The molecule has 1 atom stereocenters. The molecule has 0 aliphatic carbocycles. The topological polar surface area (TPSA) is 26.0 Å². The molecule has 5 heteroatoms. The van der Waals surface area contributed by atoms with Crippen molar-refractivity contribution in [3.63, 3.8) is 0 Å². The predicted molar refractivity (Wildman–Crippen MR) is 75.1 cm³/mol. The van der Waals surface area contributed by atoms with Gasteiger partial charge in [0.1, 0.15) is 17.5 Å². The molecular weight excluding hydrogens is 283 g/mol. The van der Waals surface area contributed by atoms with Crippen LogP contribution in [0.25, 0.3) is 0 Å². The largest absolute Gasteiger partial charge is 0.323 e. The molecule has 0 aliphatic heterocycles. The summed E-state index contributed by atoms with van der Waals surface area (Å²) in [4.78, 5) is 0.675. The maximum absolute atomic E-state index is 13.9. The van der Waals surface area contributed by atoms with Crippen LogP contribution in [0.5, 0.6) is 0 Å². The molecule has 0 aromatic heterocycles. The number of nitrogens with two attached hydrogens (primary N) is 1. The standard InChI is InChI=1S/C15H14F3NS/c1-9-5-6-12(17)14(15(9)18)13(19)8-20-11-4-2-3-10(16)7-11/h2-7,13H,8,19H2,1H3. The van der Waals surface area contributed by atoms with Crippen molar-refractivity contribution < 1.29 is 13.2 Å². The molecule has 1 nitrogen and oxygen atoms in total. The van der Waals surface area contributed by atoms with Crippen molar-refractivity contribution >= 4 is 11.8 Å². The highest BCUT2D eigenvalue weighted by molar-refractivity contribution is 7.99. The van der Waals surface area contributed by atoms with Crippen LogP contribution in [0.1, 0.15) is 17.2 Å². The third kappa shape index (κ3) is 3.35. The zero-order valence-corrected chi connectivity index (χ0v) is 11.7. The van der Waals surface area contributed by atoms with Crippen molar-refractivity contribution in [3.05, 3.63) is 65.0 Å². The number of hydrogen-bond acceptors (Lipinski definition) is 2. The average molecular weight is 297 g/mol. The van der Waals surface area contributed by atoms with Gasteiger partial charge in [0, 0.05) is 22.3 Å². The van der Waals surface area contributed by atoms with Gasteiger partial charge in [-0.3, -0.25) is 0 Å². The van der Waals surface area contributed by atoms with Crippen molar-refractivity contribution in [3.8, 4) is 0 Å². The van der Waals surface area contributed by atoms with E-state index in [9.17, 15) is 13.2 Å². The van der Waals surface area contributed by atoms with Gasteiger partial charge in [0.25, 0.3) is 0 Å². The van der Waals surface area contributed by atoms with Crippen molar-refractivity contribution in [2.75, 3.05) is 5.75 Å². The Balaban J connectivity index is 2.13. The maximum Gasteiger partial charge on any atom is 0.133 e. The van der Waals surface area contributed by atoms with Crippen LogP contribution in [-0.4, -0.2) is 5.75 Å². The Kier molecular flexibility index (Phi) is 4.73. The SMILES string of the molecule is Cc1ccc(F)c(C(N)CSc2cccc(F)c2)c1F. The molecule has 2 aromatic carbocycles. The van der Waals surface area contributed by atoms with E-state index in [0.717, 1.165) is 0 Å². The molecule has 2 rings (SSSR count). The van der Waals surface area contributed by atoms with Crippen LogP contribution in [0.4, 0.5) is 13.2 Å². The molecule has 0 fully saturated rings. The van der Waals surface area contributed by atoms with Gasteiger partial charge in [0.15, 0.2) is 0 Å². The lowest BCUT2D eigenvalue weighted by Crippen LogP contribution is -2.17. The monoisotopic (exact) mass is 297 g/mol. The fraction of sp³-hybridized carbons (Fsp3) is 0.200. The number of rotatable bonds is 4. The quantitative estimate of drug-likeness (QED) is 0.856. The van der Waals surface area contributed by atoms with E-state index in [1.165, 1.54) is 36.0 Å². The van der Waals surface area contributed by atoms with E-state index in [1.807, 2.05) is 0 Å².